The van der Waals surface area contributed by atoms with E-state index in [9.17, 15) is 9.59 Å². The second kappa shape index (κ2) is 7.18. The van der Waals surface area contributed by atoms with Crippen LogP contribution >= 0.6 is 0 Å². The van der Waals surface area contributed by atoms with Crippen LogP contribution in [0.5, 0.6) is 0 Å². The van der Waals surface area contributed by atoms with Gasteiger partial charge in [0.05, 0.1) is 0 Å². The van der Waals surface area contributed by atoms with Crippen LogP contribution in [0.2, 0.25) is 0 Å². The fourth-order valence-electron chi connectivity index (χ4n) is 1.89. The van der Waals surface area contributed by atoms with E-state index in [0.717, 1.165) is 11.1 Å². The summed E-state index contributed by atoms with van der Waals surface area (Å²) < 4.78 is 0. The van der Waals surface area contributed by atoms with Crippen molar-refractivity contribution >= 4 is 23.5 Å². The van der Waals surface area contributed by atoms with Crippen molar-refractivity contribution in [1.82, 2.24) is 5.32 Å². The maximum Gasteiger partial charge on any atom is 0.258 e. The third kappa shape index (κ3) is 4.03. The van der Waals surface area contributed by atoms with Crippen LogP contribution in [0.25, 0.3) is 11.6 Å². The van der Waals surface area contributed by atoms with Crippen LogP contribution in [0.4, 0.5) is 0 Å². The van der Waals surface area contributed by atoms with Crippen molar-refractivity contribution in [2.24, 2.45) is 0 Å². The van der Waals surface area contributed by atoms with E-state index < -0.39 is 11.8 Å². The van der Waals surface area contributed by atoms with Gasteiger partial charge < -0.3 is 0 Å². The highest BCUT2D eigenvalue weighted by atomic mass is 16.2. The van der Waals surface area contributed by atoms with Crippen LogP contribution in [0.15, 0.2) is 72.8 Å². The van der Waals surface area contributed by atoms with Gasteiger partial charge in [-0.1, -0.05) is 67.2 Å². The van der Waals surface area contributed by atoms with Gasteiger partial charge in [-0.3, -0.25) is 14.9 Å². The van der Waals surface area contributed by atoms with Gasteiger partial charge in [0.15, 0.2) is 0 Å². The molecule has 0 fully saturated rings. The van der Waals surface area contributed by atoms with Crippen molar-refractivity contribution in [3.05, 3.63) is 83.9 Å². The Morgan fingerprint density at radius 1 is 0.909 bits per heavy atom. The van der Waals surface area contributed by atoms with Gasteiger partial charge in [-0.05, 0) is 24.1 Å². The Morgan fingerprint density at radius 2 is 1.45 bits per heavy atom. The molecule has 0 bridgehead atoms. The first-order chi connectivity index (χ1) is 10.6. The minimum absolute atomic E-state index is 0.292. The van der Waals surface area contributed by atoms with E-state index in [-0.39, 0.29) is 0 Å². The van der Waals surface area contributed by atoms with Gasteiger partial charge >= 0.3 is 0 Å². The van der Waals surface area contributed by atoms with Gasteiger partial charge in [-0.25, -0.2) is 0 Å². The van der Waals surface area contributed by atoms with E-state index in [1.54, 1.807) is 13.0 Å². The molecule has 0 unspecified atom stereocenters. The molecule has 0 aromatic heterocycles. The summed E-state index contributed by atoms with van der Waals surface area (Å²) in [6.07, 6.45) is 1.76. The van der Waals surface area contributed by atoms with E-state index in [0.29, 0.717) is 11.1 Å². The van der Waals surface area contributed by atoms with Crippen molar-refractivity contribution in [2.45, 2.75) is 6.92 Å². The average Bonchev–Trinajstić information content (AvgIpc) is 2.54. The summed E-state index contributed by atoms with van der Waals surface area (Å²) in [5.41, 5.74) is 2.36. The van der Waals surface area contributed by atoms with Crippen molar-refractivity contribution < 1.29 is 9.59 Å². The van der Waals surface area contributed by atoms with Gasteiger partial charge in [0.25, 0.3) is 11.8 Å². The molecule has 2 rings (SSSR count). The molecular formula is C19H17NO2. The lowest BCUT2D eigenvalue weighted by molar-refractivity contribution is -0.125. The Morgan fingerprint density at radius 3 is 2.00 bits per heavy atom. The number of nitrogens with one attached hydrogen (secondary N) is 1. The standard InChI is InChI=1S/C19H17NO2/c1-14(2)18(21)20-19(22)17(16-11-7-4-8-12-16)13-15-9-5-3-6-10-15/h3-13H,1H2,2H3,(H,20,21,22)/b17-13+. The van der Waals surface area contributed by atoms with Crippen LogP contribution < -0.4 is 5.32 Å². The summed E-state index contributed by atoms with van der Waals surface area (Å²) in [6, 6.07) is 18.7. The zero-order chi connectivity index (χ0) is 15.9. The maximum absolute atomic E-state index is 12.4. The minimum Gasteiger partial charge on any atom is -0.288 e. The number of hydrogen-bond donors (Lipinski definition) is 1. The largest absolute Gasteiger partial charge is 0.288 e. The predicted molar refractivity (Wildman–Crippen MR) is 88.7 cm³/mol. The number of rotatable bonds is 4. The molecule has 22 heavy (non-hydrogen) atoms. The molecule has 3 heteroatoms. The second-order valence-corrected chi connectivity index (χ2v) is 4.90. The predicted octanol–water partition coefficient (Wildman–Crippen LogP) is 3.45. The lowest BCUT2D eigenvalue weighted by atomic mass is 10.0. The summed E-state index contributed by atoms with van der Waals surface area (Å²) in [4.78, 5) is 24.1. The van der Waals surface area contributed by atoms with E-state index in [1.807, 2.05) is 60.7 Å². The molecule has 0 radical (unpaired) electrons. The number of imide groups is 1. The van der Waals surface area contributed by atoms with E-state index in [4.69, 9.17) is 0 Å². The highest BCUT2D eigenvalue weighted by Crippen LogP contribution is 2.18. The first-order valence-corrected chi connectivity index (χ1v) is 6.91. The molecule has 0 saturated heterocycles. The Bertz CT molecular complexity index is 716. The Hall–Kier alpha value is -2.94. The van der Waals surface area contributed by atoms with Crippen LogP contribution in [-0.4, -0.2) is 11.8 Å². The SMILES string of the molecule is C=C(C)C(=O)NC(=O)/C(=C/c1ccccc1)c1ccccc1. The lowest BCUT2D eigenvalue weighted by Crippen LogP contribution is -2.31. The molecule has 2 aromatic rings. The van der Waals surface area contributed by atoms with Crippen LogP contribution in [0.3, 0.4) is 0 Å². The molecule has 0 aliphatic carbocycles. The minimum atomic E-state index is -0.472. The normalized spacial score (nSPS) is 10.9. The van der Waals surface area contributed by atoms with E-state index in [2.05, 4.69) is 11.9 Å². The zero-order valence-corrected chi connectivity index (χ0v) is 12.4. The van der Waals surface area contributed by atoms with Crippen molar-refractivity contribution in [3.8, 4) is 0 Å². The Balaban J connectivity index is 2.38. The first-order valence-electron chi connectivity index (χ1n) is 6.91. The van der Waals surface area contributed by atoms with E-state index >= 15 is 0 Å². The molecule has 0 heterocycles. The average molecular weight is 291 g/mol. The molecule has 3 nitrogen and oxygen atoms in total. The molecule has 2 amide bonds. The van der Waals surface area contributed by atoms with Crippen molar-refractivity contribution in [2.75, 3.05) is 0 Å². The van der Waals surface area contributed by atoms with Crippen LogP contribution in [0, 0.1) is 0 Å². The van der Waals surface area contributed by atoms with Crippen LogP contribution in [0.1, 0.15) is 18.1 Å². The highest BCUT2D eigenvalue weighted by molar-refractivity contribution is 6.28. The third-order valence-electron chi connectivity index (χ3n) is 3.05. The molecule has 0 spiro atoms. The van der Waals surface area contributed by atoms with E-state index in [1.165, 1.54) is 0 Å². The summed E-state index contributed by atoms with van der Waals surface area (Å²) in [6.45, 7) is 5.10. The fourth-order valence-corrected chi connectivity index (χ4v) is 1.89. The smallest absolute Gasteiger partial charge is 0.258 e. The summed E-state index contributed by atoms with van der Waals surface area (Å²) in [5, 5.41) is 2.35. The van der Waals surface area contributed by atoms with Crippen molar-refractivity contribution in [1.29, 1.82) is 0 Å². The Kier molecular flexibility index (Phi) is 5.04. The Labute approximate surface area is 130 Å². The summed E-state index contributed by atoms with van der Waals surface area (Å²) in [7, 11) is 0. The molecule has 0 aliphatic rings. The topological polar surface area (TPSA) is 46.2 Å². The number of benzene rings is 2. The van der Waals surface area contributed by atoms with Crippen LogP contribution in [-0.2, 0) is 9.59 Å². The summed E-state index contributed by atoms with van der Waals surface area (Å²) in [5.74, 6) is -0.914. The maximum atomic E-state index is 12.4. The molecule has 110 valence electrons. The number of hydrogen-bond acceptors (Lipinski definition) is 2. The first kappa shape index (κ1) is 15.4. The lowest BCUT2D eigenvalue weighted by Gasteiger charge is -2.09. The van der Waals surface area contributed by atoms with Crippen molar-refractivity contribution in [3.63, 3.8) is 0 Å². The number of carbonyl (C=O) groups is 2. The molecule has 0 saturated carbocycles. The molecule has 2 aromatic carbocycles. The molecule has 1 N–H and O–H groups in total. The van der Waals surface area contributed by atoms with Gasteiger partial charge in [0.1, 0.15) is 0 Å². The fraction of sp³-hybridized carbons (Fsp3) is 0.0526. The van der Waals surface area contributed by atoms with Gasteiger partial charge in [0, 0.05) is 11.1 Å². The van der Waals surface area contributed by atoms with Gasteiger partial charge in [0.2, 0.25) is 0 Å². The molecule has 0 atom stereocenters. The zero-order valence-electron chi connectivity index (χ0n) is 12.4. The number of amides is 2. The second-order valence-electron chi connectivity index (χ2n) is 4.90. The third-order valence-corrected chi connectivity index (χ3v) is 3.05. The highest BCUT2D eigenvalue weighted by Gasteiger charge is 2.15. The number of carbonyl (C=O) groups excluding carboxylic acids is 2. The monoisotopic (exact) mass is 291 g/mol. The van der Waals surface area contributed by atoms with Gasteiger partial charge in [-0.15, -0.1) is 0 Å². The molecule has 0 aliphatic heterocycles. The molecular weight excluding hydrogens is 274 g/mol. The quantitative estimate of drug-likeness (QED) is 0.693. The van der Waals surface area contributed by atoms with Gasteiger partial charge in [-0.2, -0.15) is 0 Å². The summed E-state index contributed by atoms with van der Waals surface area (Å²) >= 11 is 0.